The van der Waals surface area contributed by atoms with Crippen molar-refractivity contribution < 1.29 is 4.79 Å². The molecular formula is C30H39N3O. The van der Waals surface area contributed by atoms with E-state index in [1.165, 1.54) is 16.3 Å². The van der Waals surface area contributed by atoms with Crippen LogP contribution in [0.3, 0.4) is 0 Å². The highest BCUT2D eigenvalue weighted by molar-refractivity contribution is 5.86. The minimum Gasteiger partial charge on any atom is -0.331 e. The fourth-order valence-corrected chi connectivity index (χ4v) is 5.88. The SMILES string of the molecule is CCC1(CC)CN(C)CCC1N(Cc1ccccc1)C(=O)N[C@@H](C)c1cccc2ccccc12. The molecular weight excluding hydrogens is 418 g/mol. The topological polar surface area (TPSA) is 35.6 Å². The zero-order valence-corrected chi connectivity index (χ0v) is 21.1. The molecule has 0 aromatic heterocycles. The molecule has 1 unspecified atom stereocenters. The van der Waals surface area contributed by atoms with Crippen LogP contribution in [0.15, 0.2) is 72.8 Å². The number of nitrogens with zero attached hydrogens (tertiary/aromatic N) is 2. The van der Waals surface area contributed by atoms with Crippen molar-refractivity contribution >= 4 is 16.8 Å². The van der Waals surface area contributed by atoms with Gasteiger partial charge in [0.05, 0.1) is 6.04 Å². The molecule has 34 heavy (non-hydrogen) atoms. The molecule has 0 radical (unpaired) electrons. The molecule has 1 fully saturated rings. The average Bonchev–Trinajstić information content (AvgIpc) is 2.87. The molecule has 3 aromatic rings. The van der Waals surface area contributed by atoms with Gasteiger partial charge in [0.15, 0.2) is 0 Å². The first-order chi connectivity index (χ1) is 16.5. The van der Waals surface area contributed by atoms with Gasteiger partial charge in [0.1, 0.15) is 0 Å². The summed E-state index contributed by atoms with van der Waals surface area (Å²) in [5.41, 5.74) is 2.43. The summed E-state index contributed by atoms with van der Waals surface area (Å²) in [5.74, 6) is 0. The molecule has 0 bridgehead atoms. The van der Waals surface area contributed by atoms with Gasteiger partial charge in [-0.1, -0.05) is 86.6 Å². The van der Waals surface area contributed by atoms with Crippen LogP contribution in [0.4, 0.5) is 4.79 Å². The van der Waals surface area contributed by atoms with Crippen LogP contribution in [-0.4, -0.2) is 42.0 Å². The molecule has 3 aromatic carbocycles. The highest BCUT2D eigenvalue weighted by Gasteiger charge is 2.44. The normalized spacial score (nSPS) is 19.0. The van der Waals surface area contributed by atoms with Crippen LogP contribution in [0.1, 0.15) is 57.2 Å². The Labute approximate surface area is 205 Å². The number of carbonyl (C=O) groups excluding carboxylic acids is 1. The van der Waals surface area contributed by atoms with Gasteiger partial charge in [-0.3, -0.25) is 0 Å². The number of rotatable bonds is 7. The Kier molecular flexibility index (Phi) is 7.57. The predicted octanol–water partition coefficient (Wildman–Crippen LogP) is 6.62. The van der Waals surface area contributed by atoms with Crippen LogP contribution in [0, 0.1) is 5.41 Å². The number of piperidine rings is 1. The number of fused-ring (bicyclic) bond motifs is 1. The molecule has 1 saturated heterocycles. The molecule has 4 heteroatoms. The van der Waals surface area contributed by atoms with Crippen molar-refractivity contribution in [3.8, 4) is 0 Å². The van der Waals surface area contributed by atoms with Crippen molar-refractivity contribution in [2.24, 2.45) is 5.41 Å². The summed E-state index contributed by atoms with van der Waals surface area (Å²) in [7, 11) is 2.21. The zero-order valence-electron chi connectivity index (χ0n) is 21.1. The monoisotopic (exact) mass is 457 g/mol. The number of carbonyl (C=O) groups is 1. The van der Waals surface area contributed by atoms with Crippen molar-refractivity contribution in [2.45, 2.75) is 58.7 Å². The Bertz CT molecular complexity index is 1090. The highest BCUT2D eigenvalue weighted by Crippen LogP contribution is 2.40. The van der Waals surface area contributed by atoms with E-state index >= 15 is 0 Å². The molecule has 2 amide bonds. The van der Waals surface area contributed by atoms with E-state index in [-0.39, 0.29) is 23.5 Å². The maximum atomic E-state index is 14.0. The lowest BCUT2D eigenvalue weighted by Crippen LogP contribution is -2.59. The first-order valence-corrected chi connectivity index (χ1v) is 12.7. The van der Waals surface area contributed by atoms with Gasteiger partial charge >= 0.3 is 6.03 Å². The summed E-state index contributed by atoms with van der Waals surface area (Å²) in [5, 5.41) is 5.78. The third kappa shape index (κ3) is 4.97. The molecule has 0 aliphatic carbocycles. The van der Waals surface area contributed by atoms with E-state index < -0.39 is 0 Å². The van der Waals surface area contributed by atoms with Crippen molar-refractivity contribution in [1.82, 2.24) is 15.1 Å². The predicted molar refractivity (Wildman–Crippen MR) is 142 cm³/mol. The van der Waals surface area contributed by atoms with Gasteiger partial charge < -0.3 is 15.1 Å². The zero-order chi connectivity index (χ0) is 24.1. The third-order valence-corrected chi connectivity index (χ3v) is 7.95. The minimum absolute atomic E-state index is 0.0325. The average molecular weight is 458 g/mol. The van der Waals surface area contributed by atoms with Crippen LogP contribution in [0.2, 0.25) is 0 Å². The second kappa shape index (κ2) is 10.6. The lowest BCUT2D eigenvalue weighted by Gasteiger charge is -2.51. The number of benzene rings is 3. The Morgan fingerprint density at radius 3 is 2.44 bits per heavy atom. The van der Waals surface area contributed by atoms with Gasteiger partial charge in [0, 0.05) is 24.5 Å². The van der Waals surface area contributed by atoms with Crippen LogP contribution in [0.25, 0.3) is 10.8 Å². The minimum atomic E-state index is -0.0826. The van der Waals surface area contributed by atoms with Crippen molar-refractivity contribution in [3.63, 3.8) is 0 Å². The second-order valence-corrected chi connectivity index (χ2v) is 9.96. The van der Waals surface area contributed by atoms with Gasteiger partial charge in [0.2, 0.25) is 0 Å². The fourth-order valence-electron chi connectivity index (χ4n) is 5.88. The summed E-state index contributed by atoms with van der Waals surface area (Å²) in [6.07, 6.45) is 3.13. The summed E-state index contributed by atoms with van der Waals surface area (Å²) in [6, 6.07) is 25.3. The standard InChI is InChI=1S/C30H39N3O/c1-5-30(6-2)22-32(4)20-19-28(30)33(21-24-13-8-7-9-14-24)29(34)31-23(3)26-18-12-16-25-15-10-11-17-27(25)26/h7-18,23,28H,5-6,19-22H2,1-4H3,(H,31,34)/t23-,28?/m0/s1. The van der Waals surface area contributed by atoms with Crippen molar-refractivity contribution in [1.29, 1.82) is 0 Å². The van der Waals surface area contributed by atoms with Gasteiger partial charge in [-0.2, -0.15) is 0 Å². The molecule has 0 saturated carbocycles. The Morgan fingerprint density at radius 1 is 1.03 bits per heavy atom. The van der Waals surface area contributed by atoms with Crippen LogP contribution in [-0.2, 0) is 6.54 Å². The first-order valence-electron chi connectivity index (χ1n) is 12.7. The maximum Gasteiger partial charge on any atom is 0.318 e. The second-order valence-electron chi connectivity index (χ2n) is 9.96. The number of hydrogen-bond acceptors (Lipinski definition) is 2. The Balaban J connectivity index is 1.65. The highest BCUT2D eigenvalue weighted by atomic mass is 16.2. The lowest BCUT2D eigenvalue weighted by molar-refractivity contribution is 0.000382. The lowest BCUT2D eigenvalue weighted by atomic mass is 9.71. The molecule has 180 valence electrons. The molecule has 0 spiro atoms. The Morgan fingerprint density at radius 2 is 1.71 bits per heavy atom. The fraction of sp³-hybridized carbons (Fsp3) is 0.433. The van der Waals surface area contributed by atoms with Crippen molar-refractivity contribution in [2.75, 3.05) is 20.1 Å². The van der Waals surface area contributed by atoms with E-state index in [1.807, 2.05) is 6.07 Å². The van der Waals surface area contributed by atoms with Gasteiger partial charge in [0.25, 0.3) is 0 Å². The van der Waals surface area contributed by atoms with Gasteiger partial charge in [-0.05, 0) is 61.7 Å². The smallest absolute Gasteiger partial charge is 0.318 e. The van der Waals surface area contributed by atoms with E-state index in [9.17, 15) is 4.79 Å². The summed E-state index contributed by atoms with van der Waals surface area (Å²) in [4.78, 5) is 18.5. The summed E-state index contributed by atoms with van der Waals surface area (Å²) >= 11 is 0. The van der Waals surface area contributed by atoms with Crippen LogP contribution >= 0.6 is 0 Å². The number of hydrogen-bond donors (Lipinski definition) is 1. The first kappa shape index (κ1) is 24.3. The molecule has 1 aliphatic heterocycles. The van der Waals surface area contributed by atoms with E-state index in [4.69, 9.17) is 0 Å². The van der Waals surface area contributed by atoms with Crippen molar-refractivity contribution in [3.05, 3.63) is 83.9 Å². The number of nitrogens with one attached hydrogen (secondary N) is 1. The van der Waals surface area contributed by atoms with E-state index in [0.717, 1.165) is 37.9 Å². The molecule has 4 rings (SSSR count). The molecule has 4 nitrogen and oxygen atoms in total. The van der Waals surface area contributed by atoms with Gasteiger partial charge in [-0.15, -0.1) is 0 Å². The molecule has 2 atom stereocenters. The van der Waals surface area contributed by atoms with Gasteiger partial charge in [-0.25, -0.2) is 4.79 Å². The third-order valence-electron chi connectivity index (χ3n) is 7.95. The van der Waals surface area contributed by atoms with Crippen LogP contribution < -0.4 is 5.32 Å². The largest absolute Gasteiger partial charge is 0.331 e. The molecule has 1 heterocycles. The quantitative estimate of drug-likeness (QED) is 0.432. The van der Waals surface area contributed by atoms with E-state index in [2.05, 4.69) is 110 Å². The van der Waals surface area contributed by atoms with E-state index in [1.54, 1.807) is 0 Å². The number of amides is 2. The Hall–Kier alpha value is -2.85. The number of likely N-dealkylation sites (tertiary alicyclic amines) is 1. The number of urea groups is 1. The molecule has 1 aliphatic rings. The van der Waals surface area contributed by atoms with Crippen LogP contribution in [0.5, 0.6) is 0 Å². The summed E-state index contributed by atoms with van der Waals surface area (Å²) in [6.45, 7) is 9.35. The molecule has 1 N–H and O–H groups in total. The summed E-state index contributed by atoms with van der Waals surface area (Å²) < 4.78 is 0. The maximum absolute atomic E-state index is 14.0. The van der Waals surface area contributed by atoms with E-state index in [0.29, 0.717) is 6.54 Å².